The van der Waals surface area contributed by atoms with Crippen LogP contribution in [-0.2, 0) is 48.7 Å². The second-order valence-electron chi connectivity index (χ2n) is 4.98. The Morgan fingerprint density at radius 3 is 2.38 bits per heavy atom. The minimum atomic E-state index is 0. The zero-order chi connectivity index (χ0) is 15.0. The maximum Gasteiger partial charge on any atom is 0.215 e. The molecular formula is C17H26NO2Y-. The summed E-state index contributed by atoms with van der Waals surface area (Å²) in [7, 11) is 0. The average Bonchev–Trinajstić information content (AvgIpc) is 2.50. The molecule has 0 spiro atoms. The Hall–Kier alpha value is -0.246. The molecule has 1 radical (unpaired) electrons. The van der Waals surface area contributed by atoms with Crippen LogP contribution in [0.4, 0.5) is 0 Å². The number of hydrogen-bond donors (Lipinski definition) is 0. The number of nitrogens with zero attached hydrogens (tertiary/aromatic N) is 1. The molecule has 1 amide bonds. The topological polar surface area (TPSA) is 29.5 Å². The Bertz CT molecular complexity index is 398. The zero-order valence-electron chi connectivity index (χ0n) is 13.7. The fourth-order valence-corrected chi connectivity index (χ4v) is 2.04. The molecule has 1 saturated heterocycles. The van der Waals surface area contributed by atoms with E-state index in [0.717, 1.165) is 5.56 Å². The van der Waals surface area contributed by atoms with Crippen molar-refractivity contribution in [2.75, 3.05) is 26.3 Å². The van der Waals surface area contributed by atoms with Gasteiger partial charge in [-0.25, -0.2) is 0 Å². The Labute approximate surface area is 154 Å². The summed E-state index contributed by atoms with van der Waals surface area (Å²) in [6.07, 6.45) is 0.467. The Balaban J connectivity index is 0.00000128. The molecule has 0 aliphatic carbocycles. The molecule has 0 bridgehead atoms. The van der Waals surface area contributed by atoms with Crippen molar-refractivity contribution in [3.63, 3.8) is 0 Å². The van der Waals surface area contributed by atoms with E-state index < -0.39 is 0 Å². The third-order valence-electron chi connectivity index (χ3n) is 3.24. The summed E-state index contributed by atoms with van der Waals surface area (Å²) >= 11 is 0. The molecule has 115 valence electrons. The first kappa shape index (κ1) is 20.8. The summed E-state index contributed by atoms with van der Waals surface area (Å²) in [6.45, 7) is 11.0. The second kappa shape index (κ2) is 11.3. The van der Waals surface area contributed by atoms with Crippen LogP contribution in [0, 0.1) is 6.07 Å². The van der Waals surface area contributed by atoms with E-state index >= 15 is 0 Å². The monoisotopic (exact) mass is 365 g/mol. The van der Waals surface area contributed by atoms with Gasteiger partial charge in [-0.05, 0) is 5.92 Å². The van der Waals surface area contributed by atoms with Gasteiger partial charge in [0.05, 0.1) is 13.2 Å². The van der Waals surface area contributed by atoms with Gasteiger partial charge in [-0.2, -0.15) is 29.8 Å². The normalized spacial score (nSPS) is 14.0. The smallest absolute Gasteiger partial charge is 0.215 e. The molecular weight excluding hydrogens is 339 g/mol. The standard InChI is InChI=1S/C15H20NO2.C2H6.Y/c1-12(2)14-5-3-13(4-6-14)11-15(17)16-7-9-18-10-8-16;1-2;/h3-5,12H,7-11H2,1-2H3;1-2H3;/q-1;;. The van der Waals surface area contributed by atoms with Crippen LogP contribution >= 0.6 is 0 Å². The molecule has 1 aliphatic rings. The van der Waals surface area contributed by atoms with E-state index in [0.29, 0.717) is 38.6 Å². The molecule has 21 heavy (non-hydrogen) atoms. The van der Waals surface area contributed by atoms with E-state index in [1.807, 2.05) is 30.9 Å². The van der Waals surface area contributed by atoms with Crippen molar-refractivity contribution in [2.24, 2.45) is 0 Å². The zero-order valence-corrected chi connectivity index (χ0v) is 16.5. The van der Waals surface area contributed by atoms with Crippen LogP contribution in [-0.4, -0.2) is 37.1 Å². The third-order valence-corrected chi connectivity index (χ3v) is 3.24. The van der Waals surface area contributed by atoms with E-state index in [9.17, 15) is 4.79 Å². The summed E-state index contributed by atoms with van der Waals surface area (Å²) in [6, 6.07) is 9.28. The molecule has 0 unspecified atom stereocenters. The van der Waals surface area contributed by atoms with Crippen molar-refractivity contribution in [1.29, 1.82) is 0 Å². The van der Waals surface area contributed by atoms with E-state index in [2.05, 4.69) is 26.0 Å². The van der Waals surface area contributed by atoms with Gasteiger partial charge >= 0.3 is 0 Å². The van der Waals surface area contributed by atoms with Crippen molar-refractivity contribution < 1.29 is 42.2 Å². The van der Waals surface area contributed by atoms with Crippen LogP contribution in [0.25, 0.3) is 0 Å². The number of amides is 1. The fourth-order valence-electron chi connectivity index (χ4n) is 2.04. The summed E-state index contributed by atoms with van der Waals surface area (Å²) in [5.74, 6) is 0.665. The molecule has 1 aliphatic heterocycles. The van der Waals surface area contributed by atoms with Gasteiger partial charge in [-0.3, -0.25) is 4.79 Å². The maximum absolute atomic E-state index is 12.0. The maximum atomic E-state index is 12.0. The number of morpholine rings is 1. The minimum Gasteiger partial charge on any atom is -0.378 e. The van der Waals surface area contributed by atoms with Gasteiger partial charge in [0, 0.05) is 52.2 Å². The van der Waals surface area contributed by atoms with Crippen LogP contribution in [0.15, 0.2) is 18.2 Å². The quantitative estimate of drug-likeness (QED) is 0.771. The molecule has 0 atom stereocenters. The van der Waals surface area contributed by atoms with Crippen molar-refractivity contribution in [2.45, 2.75) is 40.0 Å². The average molecular weight is 365 g/mol. The van der Waals surface area contributed by atoms with Crippen molar-refractivity contribution in [3.8, 4) is 0 Å². The van der Waals surface area contributed by atoms with Crippen LogP contribution in [0.5, 0.6) is 0 Å². The first-order valence-electron chi connectivity index (χ1n) is 7.53. The number of benzene rings is 1. The van der Waals surface area contributed by atoms with Gasteiger partial charge in [-0.15, -0.1) is 5.56 Å². The number of rotatable bonds is 3. The minimum absolute atomic E-state index is 0. The first-order chi connectivity index (χ1) is 9.66. The van der Waals surface area contributed by atoms with Crippen LogP contribution in [0.2, 0.25) is 0 Å². The van der Waals surface area contributed by atoms with Gasteiger partial charge in [0.2, 0.25) is 5.91 Å². The number of hydrogen-bond acceptors (Lipinski definition) is 2. The summed E-state index contributed by atoms with van der Waals surface area (Å²) in [5, 5.41) is 0. The largest absolute Gasteiger partial charge is 0.378 e. The van der Waals surface area contributed by atoms with Gasteiger partial charge in [0.25, 0.3) is 0 Å². The van der Waals surface area contributed by atoms with Crippen LogP contribution in [0.3, 0.4) is 0 Å². The molecule has 1 aromatic rings. The van der Waals surface area contributed by atoms with Gasteiger partial charge in [-0.1, -0.05) is 27.7 Å². The van der Waals surface area contributed by atoms with Crippen molar-refractivity contribution in [1.82, 2.24) is 4.90 Å². The number of ether oxygens (including phenoxy) is 1. The Kier molecular flexibility index (Phi) is 11.2. The molecule has 2 rings (SSSR count). The predicted octanol–water partition coefficient (Wildman–Crippen LogP) is 3.04. The molecule has 0 saturated carbocycles. The molecule has 0 N–H and O–H groups in total. The third kappa shape index (κ3) is 7.03. The molecule has 0 aromatic heterocycles. The van der Waals surface area contributed by atoms with E-state index in [4.69, 9.17) is 4.74 Å². The SMILES string of the molecule is CC.CC(C)c1[c-]cc(CC(=O)N2CCOCC2)cc1.[Y]. The Morgan fingerprint density at radius 2 is 1.90 bits per heavy atom. The van der Waals surface area contributed by atoms with Gasteiger partial charge < -0.3 is 9.64 Å². The van der Waals surface area contributed by atoms with Crippen LogP contribution in [0.1, 0.15) is 44.7 Å². The predicted molar refractivity (Wildman–Crippen MR) is 81.8 cm³/mol. The molecule has 4 heteroatoms. The summed E-state index contributed by atoms with van der Waals surface area (Å²) in [5.41, 5.74) is 2.23. The van der Waals surface area contributed by atoms with Crippen molar-refractivity contribution in [3.05, 3.63) is 35.4 Å². The fraction of sp³-hybridized carbons (Fsp3) is 0.588. The van der Waals surface area contributed by atoms with Gasteiger partial charge in [0.15, 0.2) is 0 Å². The van der Waals surface area contributed by atoms with E-state index in [-0.39, 0.29) is 38.6 Å². The molecule has 1 heterocycles. The van der Waals surface area contributed by atoms with Crippen LogP contribution < -0.4 is 0 Å². The molecule has 1 aromatic carbocycles. The first-order valence-corrected chi connectivity index (χ1v) is 7.53. The number of carbonyl (C=O) groups excluding carboxylic acids is 1. The second-order valence-corrected chi connectivity index (χ2v) is 4.98. The summed E-state index contributed by atoms with van der Waals surface area (Å²) < 4.78 is 5.24. The summed E-state index contributed by atoms with van der Waals surface area (Å²) in [4.78, 5) is 13.9. The number of carbonyl (C=O) groups is 1. The molecule has 3 nitrogen and oxygen atoms in total. The van der Waals surface area contributed by atoms with E-state index in [1.165, 1.54) is 5.56 Å². The van der Waals surface area contributed by atoms with Crippen molar-refractivity contribution >= 4 is 5.91 Å². The molecule has 1 fully saturated rings. The van der Waals surface area contributed by atoms with E-state index in [1.54, 1.807) is 0 Å². The van der Waals surface area contributed by atoms with Gasteiger partial charge in [0.1, 0.15) is 0 Å². The Morgan fingerprint density at radius 1 is 1.29 bits per heavy atom.